The maximum Gasteiger partial charge on any atom is 0.325 e. The number of nitrogens with one attached hydrogen (secondary N) is 1. The van der Waals surface area contributed by atoms with Crippen molar-refractivity contribution in [1.29, 1.82) is 0 Å². The smallest absolute Gasteiger partial charge is 0.325 e. The Morgan fingerprint density at radius 2 is 2.08 bits per heavy atom. The van der Waals surface area contributed by atoms with Gasteiger partial charge in [-0.2, -0.15) is 0 Å². The number of fused-ring (bicyclic) bond motifs is 9. The lowest BCUT2D eigenvalue weighted by atomic mass is 9.77. The highest BCUT2D eigenvalue weighted by Gasteiger charge is 2.66. The quantitative estimate of drug-likeness (QED) is 0.602. The van der Waals surface area contributed by atoms with Crippen LogP contribution in [0.4, 0.5) is 0 Å². The van der Waals surface area contributed by atoms with Crippen LogP contribution in [0.25, 0.3) is 6.08 Å². The minimum atomic E-state index is -0.584. The van der Waals surface area contributed by atoms with Crippen LogP contribution in [0.3, 0.4) is 0 Å². The lowest BCUT2D eigenvalue weighted by Gasteiger charge is -2.32. The second-order valence-electron chi connectivity index (χ2n) is 6.79. The van der Waals surface area contributed by atoms with Gasteiger partial charge < -0.3 is 9.72 Å². The van der Waals surface area contributed by atoms with Crippen molar-refractivity contribution in [2.24, 2.45) is 23.7 Å². The number of aromatic amines is 1. The monoisotopic (exact) mass is 378 g/mol. The number of H-pyrrole nitrogens is 1. The van der Waals surface area contributed by atoms with Crippen LogP contribution in [0, 0.1) is 23.7 Å². The van der Waals surface area contributed by atoms with Gasteiger partial charge in [0.15, 0.2) is 0 Å². The average molecular weight is 378 g/mol. The Balaban J connectivity index is 1.51. The van der Waals surface area contributed by atoms with Crippen molar-refractivity contribution in [3.05, 3.63) is 20.1 Å². The summed E-state index contributed by atoms with van der Waals surface area (Å²) in [6.45, 7) is -0.307. The topological polar surface area (TPSA) is 96.5 Å². The maximum absolute atomic E-state index is 12.8. The maximum atomic E-state index is 12.8. The van der Waals surface area contributed by atoms with Crippen LogP contribution in [-0.4, -0.2) is 46.6 Å². The minimum Gasteiger partial charge on any atom is -0.468 e. The van der Waals surface area contributed by atoms with E-state index in [2.05, 4.69) is 9.72 Å². The van der Waals surface area contributed by atoms with E-state index in [0.29, 0.717) is 0 Å². The highest BCUT2D eigenvalue weighted by atomic mass is 32.2. The fourth-order valence-corrected chi connectivity index (χ4v) is 7.27. The number of thioether (sulfide) groups is 1. The number of imide groups is 1. The van der Waals surface area contributed by atoms with Crippen LogP contribution in [-0.2, 0) is 19.1 Å². The molecule has 2 aliphatic carbocycles. The van der Waals surface area contributed by atoms with E-state index in [9.17, 15) is 19.2 Å². The fourth-order valence-electron chi connectivity index (χ4n) is 4.83. The molecule has 2 bridgehead atoms. The van der Waals surface area contributed by atoms with Crippen molar-refractivity contribution >= 4 is 47.0 Å². The van der Waals surface area contributed by atoms with Crippen LogP contribution in [0.5, 0.6) is 0 Å². The molecule has 130 valence electrons. The molecule has 1 aromatic heterocycles. The number of hydrogen-bond acceptors (Lipinski definition) is 7. The van der Waals surface area contributed by atoms with E-state index in [-0.39, 0.29) is 52.2 Å². The van der Waals surface area contributed by atoms with Gasteiger partial charge in [-0.05, 0) is 24.3 Å². The first kappa shape index (κ1) is 15.4. The molecule has 2 aliphatic heterocycles. The number of amides is 2. The number of carbonyl (C=O) groups excluding carboxylic acids is 3. The first-order valence-corrected chi connectivity index (χ1v) is 9.72. The first-order chi connectivity index (χ1) is 12.0. The van der Waals surface area contributed by atoms with Gasteiger partial charge in [-0.15, -0.1) is 0 Å². The van der Waals surface area contributed by atoms with Gasteiger partial charge >= 0.3 is 10.8 Å². The van der Waals surface area contributed by atoms with Crippen LogP contribution >= 0.6 is 23.1 Å². The predicted molar refractivity (Wildman–Crippen MR) is 89.9 cm³/mol. The van der Waals surface area contributed by atoms with Crippen LogP contribution in [0.2, 0.25) is 0 Å². The van der Waals surface area contributed by atoms with Gasteiger partial charge in [0.1, 0.15) is 6.54 Å². The molecule has 25 heavy (non-hydrogen) atoms. The lowest BCUT2D eigenvalue weighted by Crippen LogP contribution is -2.37. The fraction of sp³-hybridized carbons (Fsp3) is 0.500. The van der Waals surface area contributed by atoms with Crippen molar-refractivity contribution in [3.63, 3.8) is 0 Å². The molecule has 5 atom stereocenters. The van der Waals surface area contributed by atoms with E-state index < -0.39 is 5.97 Å². The van der Waals surface area contributed by atoms with Gasteiger partial charge in [-0.1, -0.05) is 28.7 Å². The molecule has 9 heteroatoms. The molecule has 2 amide bonds. The number of thiazole rings is 1. The Labute approximate surface area is 150 Å². The summed E-state index contributed by atoms with van der Waals surface area (Å²) in [6, 6.07) is 0. The SMILES string of the molecule is COC(=O)CN1C(=O)[C@@H]2[C@@H]3C[C@H](C4=Cc5sc(=O)[nH]c5S[C@H]43)[C@@H]2C1=O. The standard InChI is InChI=1S/C16H14N2O5S2/c1-23-9(19)4-18-14(20)10-5-2-7(11(10)15(18)21)12-6(5)3-8-13(25-12)17-16(22)24-8/h3,5,7,10-12H,2,4H2,1H3,(H,17,22)/t5-,7+,10+,11-,12-/m1/s1. The third-order valence-electron chi connectivity index (χ3n) is 5.76. The van der Waals surface area contributed by atoms with Gasteiger partial charge in [0.05, 0.1) is 28.8 Å². The Morgan fingerprint density at radius 3 is 2.84 bits per heavy atom. The number of rotatable bonds is 2. The number of carbonyl (C=O) groups is 3. The summed E-state index contributed by atoms with van der Waals surface area (Å²) in [6.07, 6.45) is 2.85. The molecular weight excluding hydrogens is 364 g/mol. The Morgan fingerprint density at radius 1 is 1.32 bits per heavy atom. The predicted octanol–water partition coefficient (Wildman–Crippen LogP) is 0.718. The highest BCUT2D eigenvalue weighted by Crippen LogP contribution is 2.64. The molecule has 0 aromatic carbocycles. The van der Waals surface area contributed by atoms with E-state index in [4.69, 9.17) is 0 Å². The summed E-state index contributed by atoms with van der Waals surface area (Å²) in [5.74, 6) is -1.73. The molecular formula is C16H14N2O5S2. The van der Waals surface area contributed by atoms with E-state index >= 15 is 0 Å². The first-order valence-electron chi connectivity index (χ1n) is 8.03. The van der Waals surface area contributed by atoms with Gasteiger partial charge in [0.25, 0.3) is 0 Å². The normalized spacial score (nSPS) is 34.7. The van der Waals surface area contributed by atoms with E-state index in [1.807, 2.05) is 6.08 Å². The van der Waals surface area contributed by atoms with Crippen LogP contribution in [0.15, 0.2) is 15.4 Å². The summed E-state index contributed by atoms with van der Waals surface area (Å²) >= 11 is 2.77. The molecule has 7 nitrogen and oxygen atoms in total. The summed E-state index contributed by atoms with van der Waals surface area (Å²) in [5.41, 5.74) is 1.17. The Hall–Kier alpha value is -1.87. The van der Waals surface area contributed by atoms with Gasteiger partial charge in [-0.25, -0.2) is 0 Å². The number of ether oxygens (including phenoxy) is 1. The number of methoxy groups -OCH3 is 1. The second-order valence-corrected chi connectivity index (χ2v) is 8.95. The molecule has 0 spiro atoms. The van der Waals surface area contributed by atoms with Crippen LogP contribution < -0.4 is 4.87 Å². The molecule has 1 saturated heterocycles. The average Bonchev–Trinajstić information content (AvgIpc) is 3.29. The molecule has 1 N–H and O–H groups in total. The number of likely N-dealkylation sites (tertiary alicyclic amines) is 1. The summed E-state index contributed by atoms with van der Waals surface area (Å²) in [5, 5.41) is 0.981. The molecule has 2 saturated carbocycles. The second kappa shape index (κ2) is 5.07. The molecule has 3 heterocycles. The number of esters is 1. The molecule has 5 rings (SSSR count). The number of hydrogen-bond donors (Lipinski definition) is 1. The molecule has 0 unspecified atom stereocenters. The summed E-state index contributed by atoms with van der Waals surface area (Å²) in [4.78, 5) is 53.4. The molecule has 1 aromatic rings. The number of nitrogens with zero attached hydrogens (tertiary/aromatic N) is 1. The Bertz CT molecular complexity index is 916. The van der Waals surface area contributed by atoms with Crippen LogP contribution in [0.1, 0.15) is 11.3 Å². The van der Waals surface area contributed by atoms with Crippen molar-refractivity contribution in [1.82, 2.24) is 9.88 Å². The lowest BCUT2D eigenvalue weighted by molar-refractivity contribution is -0.151. The summed E-state index contributed by atoms with van der Waals surface area (Å²) in [7, 11) is 1.24. The van der Waals surface area contributed by atoms with Crippen molar-refractivity contribution in [3.8, 4) is 0 Å². The van der Waals surface area contributed by atoms with Gasteiger partial charge in [-0.3, -0.25) is 24.1 Å². The largest absolute Gasteiger partial charge is 0.468 e. The highest BCUT2D eigenvalue weighted by molar-refractivity contribution is 8.00. The van der Waals surface area contributed by atoms with E-state index in [0.717, 1.165) is 21.2 Å². The third kappa shape index (κ3) is 1.93. The van der Waals surface area contributed by atoms with Gasteiger partial charge in [0, 0.05) is 5.25 Å². The molecule has 3 fully saturated rings. The van der Waals surface area contributed by atoms with Crippen molar-refractivity contribution in [2.75, 3.05) is 13.7 Å². The Kier molecular flexibility index (Phi) is 3.12. The molecule has 4 aliphatic rings. The zero-order chi connectivity index (χ0) is 17.5. The van der Waals surface area contributed by atoms with Crippen molar-refractivity contribution in [2.45, 2.75) is 16.7 Å². The van der Waals surface area contributed by atoms with E-state index in [1.165, 1.54) is 24.0 Å². The summed E-state index contributed by atoms with van der Waals surface area (Å²) < 4.78 is 4.61. The number of aromatic nitrogens is 1. The zero-order valence-corrected chi connectivity index (χ0v) is 14.8. The van der Waals surface area contributed by atoms with E-state index in [1.54, 1.807) is 11.8 Å². The van der Waals surface area contributed by atoms with Gasteiger partial charge in [0.2, 0.25) is 11.8 Å². The third-order valence-corrected chi connectivity index (χ3v) is 8.15. The van der Waals surface area contributed by atoms with Crippen molar-refractivity contribution < 1.29 is 19.1 Å². The minimum absolute atomic E-state index is 0.0250. The molecule has 0 radical (unpaired) electrons. The zero-order valence-electron chi connectivity index (χ0n) is 13.2.